The highest BCUT2D eigenvalue weighted by Crippen LogP contribution is 2.20. The fraction of sp³-hybridized carbons (Fsp3) is 0.222. The zero-order chi connectivity index (χ0) is 19.3. The van der Waals surface area contributed by atoms with E-state index in [1.54, 1.807) is 43.3 Å². The van der Waals surface area contributed by atoms with Gasteiger partial charge in [-0.3, -0.25) is 9.59 Å². The molecule has 8 heteroatoms. The number of benzene rings is 2. The van der Waals surface area contributed by atoms with Gasteiger partial charge in [-0.1, -0.05) is 17.7 Å². The summed E-state index contributed by atoms with van der Waals surface area (Å²) >= 11 is 5.78. The number of anilines is 1. The van der Waals surface area contributed by atoms with E-state index >= 15 is 0 Å². The van der Waals surface area contributed by atoms with Crippen LogP contribution in [0.2, 0.25) is 5.02 Å². The van der Waals surface area contributed by atoms with Gasteiger partial charge >= 0.3 is 0 Å². The van der Waals surface area contributed by atoms with Crippen LogP contribution in [0.1, 0.15) is 28.8 Å². The van der Waals surface area contributed by atoms with E-state index < -0.39 is 10.0 Å². The van der Waals surface area contributed by atoms with E-state index in [-0.39, 0.29) is 29.4 Å². The van der Waals surface area contributed by atoms with Gasteiger partial charge in [0.15, 0.2) is 5.78 Å². The molecule has 0 aliphatic rings. The van der Waals surface area contributed by atoms with Gasteiger partial charge in [0.05, 0.1) is 4.90 Å². The van der Waals surface area contributed by atoms with E-state index in [0.29, 0.717) is 21.8 Å². The largest absolute Gasteiger partial charge is 0.326 e. The van der Waals surface area contributed by atoms with Gasteiger partial charge in [0.2, 0.25) is 15.9 Å². The molecule has 0 fully saturated rings. The quantitative estimate of drug-likeness (QED) is 0.705. The van der Waals surface area contributed by atoms with Crippen LogP contribution in [0.5, 0.6) is 0 Å². The number of hydrogen-bond donors (Lipinski definition) is 2. The Morgan fingerprint density at radius 1 is 1.04 bits per heavy atom. The highest BCUT2D eigenvalue weighted by atomic mass is 35.5. The van der Waals surface area contributed by atoms with E-state index in [4.69, 9.17) is 11.6 Å². The molecule has 2 rings (SSSR count). The number of halogens is 1. The maximum atomic E-state index is 12.1. The molecule has 0 bridgehead atoms. The van der Waals surface area contributed by atoms with Crippen molar-refractivity contribution in [1.29, 1.82) is 0 Å². The third kappa shape index (κ3) is 5.14. The average molecular weight is 395 g/mol. The van der Waals surface area contributed by atoms with Gasteiger partial charge in [0.1, 0.15) is 0 Å². The van der Waals surface area contributed by atoms with Crippen molar-refractivity contribution < 1.29 is 18.0 Å². The number of sulfonamides is 1. The Bertz CT molecular complexity index is 925. The molecular weight excluding hydrogens is 376 g/mol. The second-order valence-electron chi connectivity index (χ2n) is 5.67. The molecule has 0 aliphatic heterocycles. The highest BCUT2D eigenvalue weighted by Gasteiger charge is 2.16. The summed E-state index contributed by atoms with van der Waals surface area (Å²) in [6, 6.07) is 11.1. The molecule has 0 unspecified atom stereocenters. The first kappa shape index (κ1) is 20.1. The summed E-state index contributed by atoms with van der Waals surface area (Å²) in [6.45, 7) is 1.67. The van der Waals surface area contributed by atoms with Crippen molar-refractivity contribution in [1.82, 2.24) is 4.72 Å². The zero-order valence-electron chi connectivity index (χ0n) is 14.4. The van der Waals surface area contributed by atoms with Crippen LogP contribution >= 0.6 is 11.6 Å². The van der Waals surface area contributed by atoms with E-state index in [1.807, 2.05) is 0 Å². The molecule has 0 saturated heterocycles. The van der Waals surface area contributed by atoms with Crippen LogP contribution in [0.4, 0.5) is 5.69 Å². The molecule has 26 heavy (non-hydrogen) atoms. The summed E-state index contributed by atoms with van der Waals surface area (Å²) in [4.78, 5) is 24.2. The van der Waals surface area contributed by atoms with E-state index in [9.17, 15) is 18.0 Å². The van der Waals surface area contributed by atoms with Crippen LogP contribution in [-0.2, 0) is 14.8 Å². The number of Topliss-reactive ketones (excluding diaryl/α,β-unsaturated/α-hetero) is 1. The molecule has 0 heterocycles. The molecule has 6 nitrogen and oxygen atoms in total. The first-order valence-corrected chi connectivity index (χ1v) is 9.72. The lowest BCUT2D eigenvalue weighted by molar-refractivity contribution is -0.116. The molecule has 2 N–H and O–H groups in total. The Kier molecular flexibility index (Phi) is 6.52. The maximum absolute atomic E-state index is 12.1. The van der Waals surface area contributed by atoms with Gasteiger partial charge in [-0.25, -0.2) is 13.1 Å². The lowest BCUT2D eigenvalue weighted by atomic mass is 10.1. The number of hydrogen-bond acceptors (Lipinski definition) is 4. The first-order chi connectivity index (χ1) is 12.2. The lowest BCUT2D eigenvalue weighted by Crippen LogP contribution is -2.20. The van der Waals surface area contributed by atoms with Gasteiger partial charge in [-0.05, 0) is 55.9 Å². The van der Waals surface area contributed by atoms with Crippen molar-refractivity contribution in [3.05, 3.63) is 58.6 Å². The number of aryl methyl sites for hydroxylation is 1. The Balaban J connectivity index is 2.01. The highest BCUT2D eigenvalue weighted by molar-refractivity contribution is 7.89. The molecule has 138 valence electrons. The molecule has 0 atom stereocenters. The van der Waals surface area contributed by atoms with Crippen LogP contribution in [0.3, 0.4) is 0 Å². The fourth-order valence-corrected chi connectivity index (χ4v) is 3.43. The Morgan fingerprint density at radius 2 is 1.69 bits per heavy atom. The van der Waals surface area contributed by atoms with E-state index in [1.165, 1.54) is 13.1 Å². The molecule has 0 aliphatic carbocycles. The Morgan fingerprint density at radius 3 is 2.31 bits per heavy atom. The van der Waals surface area contributed by atoms with Gasteiger partial charge < -0.3 is 5.32 Å². The molecule has 0 aromatic heterocycles. The SMILES string of the molecule is CNS(=O)(=O)c1cc(NC(=O)CCC(=O)c2ccc(Cl)cc2)ccc1C. The smallest absolute Gasteiger partial charge is 0.240 e. The summed E-state index contributed by atoms with van der Waals surface area (Å²) in [5, 5.41) is 3.15. The maximum Gasteiger partial charge on any atom is 0.240 e. The van der Waals surface area contributed by atoms with Gasteiger partial charge in [-0.15, -0.1) is 0 Å². The topological polar surface area (TPSA) is 92.3 Å². The monoisotopic (exact) mass is 394 g/mol. The van der Waals surface area contributed by atoms with E-state index in [2.05, 4.69) is 10.0 Å². The second kappa shape index (κ2) is 8.44. The van der Waals surface area contributed by atoms with Crippen molar-refractivity contribution in [3.63, 3.8) is 0 Å². The second-order valence-corrected chi connectivity index (χ2v) is 7.96. The van der Waals surface area contributed by atoms with Crippen molar-refractivity contribution in [2.75, 3.05) is 12.4 Å². The van der Waals surface area contributed by atoms with E-state index in [0.717, 1.165) is 0 Å². The standard InChI is InChI=1S/C18H19ClN2O4S/c1-12-3-8-15(11-17(12)26(24,25)20-2)21-18(23)10-9-16(22)13-4-6-14(19)7-5-13/h3-8,11,20H,9-10H2,1-2H3,(H,21,23). The van der Waals surface area contributed by atoms with Crippen molar-refractivity contribution >= 4 is 39.0 Å². The average Bonchev–Trinajstić information content (AvgIpc) is 2.61. The molecule has 0 saturated carbocycles. The fourth-order valence-electron chi connectivity index (χ4n) is 2.31. The third-order valence-corrected chi connectivity index (χ3v) is 5.58. The molecule has 2 aromatic carbocycles. The molecule has 2 aromatic rings. The predicted molar refractivity (Wildman–Crippen MR) is 101 cm³/mol. The molecule has 0 spiro atoms. The molecular formula is C18H19ClN2O4S. The summed E-state index contributed by atoms with van der Waals surface area (Å²) in [7, 11) is -2.30. The molecule has 1 amide bonds. The molecule has 0 radical (unpaired) electrons. The zero-order valence-corrected chi connectivity index (χ0v) is 15.9. The number of rotatable bonds is 7. The van der Waals surface area contributed by atoms with Crippen molar-refractivity contribution in [3.8, 4) is 0 Å². The summed E-state index contributed by atoms with van der Waals surface area (Å²) in [5.74, 6) is -0.539. The lowest BCUT2D eigenvalue weighted by Gasteiger charge is -2.10. The first-order valence-electron chi connectivity index (χ1n) is 7.86. The van der Waals surface area contributed by atoms with Crippen LogP contribution in [0.15, 0.2) is 47.4 Å². The summed E-state index contributed by atoms with van der Waals surface area (Å²) < 4.78 is 26.2. The minimum atomic E-state index is -3.62. The normalized spacial score (nSPS) is 11.2. The van der Waals surface area contributed by atoms with Crippen molar-refractivity contribution in [2.45, 2.75) is 24.7 Å². The van der Waals surface area contributed by atoms with Gasteiger partial charge in [0, 0.05) is 29.1 Å². The van der Waals surface area contributed by atoms with Crippen LogP contribution in [-0.4, -0.2) is 27.2 Å². The van der Waals surface area contributed by atoms with Crippen molar-refractivity contribution in [2.24, 2.45) is 0 Å². The number of nitrogens with one attached hydrogen (secondary N) is 2. The number of amides is 1. The minimum absolute atomic E-state index is 0.0105. The van der Waals surface area contributed by atoms with Gasteiger partial charge in [-0.2, -0.15) is 0 Å². The van der Waals surface area contributed by atoms with Crippen LogP contribution in [0, 0.1) is 6.92 Å². The third-order valence-electron chi connectivity index (χ3n) is 3.78. The summed E-state index contributed by atoms with van der Waals surface area (Å²) in [6.07, 6.45) is 0.0322. The predicted octanol–water partition coefficient (Wildman–Crippen LogP) is 3.16. The number of carbonyl (C=O) groups excluding carboxylic acids is 2. The Hall–Kier alpha value is -2.22. The minimum Gasteiger partial charge on any atom is -0.326 e. The number of ketones is 1. The van der Waals surface area contributed by atoms with Gasteiger partial charge in [0.25, 0.3) is 0 Å². The van der Waals surface area contributed by atoms with Crippen LogP contribution < -0.4 is 10.0 Å². The summed E-state index contributed by atoms with van der Waals surface area (Å²) in [5.41, 5.74) is 1.41. The van der Waals surface area contributed by atoms with Crippen LogP contribution in [0.25, 0.3) is 0 Å². The Labute approximate surface area is 157 Å². The number of carbonyl (C=O) groups is 2.